The average Bonchev–Trinajstić information content (AvgIpc) is 3.22. The normalized spacial score (nSPS) is 11.8. The standard InChI is InChI=1S/C14H16N4O6S/c1-2-23-14(20)11(8-25)16-13(19)12-4-3-10(24-12)7-17-6-9(5-15-17)18(21)22/h3-6,11,25H,2,7-8H2,1H3,(H,16,19)/t11-/m0/s1. The number of hydrogen-bond donors (Lipinski definition) is 2. The Morgan fingerprint density at radius 1 is 1.52 bits per heavy atom. The monoisotopic (exact) mass is 368 g/mol. The fraction of sp³-hybridized carbons (Fsp3) is 0.357. The number of nitrogens with zero attached hydrogens (tertiary/aromatic N) is 3. The number of rotatable bonds is 8. The molecule has 1 N–H and O–H groups in total. The molecule has 0 spiro atoms. The van der Waals surface area contributed by atoms with Gasteiger partial charge in [0.15, 0.2) is 5.76 Å². The van der Waals surface area contributed by atoms with Gasteiger partial charge in [0.1, 0.15) is 24.2 Å². The molecule has 2 heterocycles. The lowest BCUT2D eigenvalue weighted by atomic mass is 10.3. The van der Waals surface area contributed by atoms with Gasteiger partial charge in [-0.05, 0) is 19.1 Å². The zero-order valence-electron chi connectivity index (χ0n) is 13.2. The van der Waals surface area contributed by atoms with Crippen molar-refractivity contribution in [3.63, 3.8) is 0 Å². The van der Waals surface area contributed by atoms with Crippen molar-refractivity contribution in [1.29, 1.82) is 0 Å². The molecule has 11 heteroatoms. The van der Waals surface area contributed by atoms with E-state index < -0.39 is 22.8 Å². The first-order valence-electron chi connectivity index (χ1n) is 7.28. The number of hydrogen-bond acceptors (Lipinski definition) is 8. The van der Waals surface area contributed by atoms with Crippen molar-refractivity contribution < 1.29 is 23.7 Å². The number of esters is 1. The van der Waals surface area contributed by atoms with Crippen molar-refractivity contribution in [1.82, 2.24) is 15.1 Å². The zero-order chi connectivity index (χ0) is 18.4. The van der Waals surface area contributed by atoms with E-state index in [0.29, 0.717) is 5.76 Å². The van der Waals surface area contributed by atoms with Crippen LogP contribution in [0.2, 0.25) is 0 Å². The highest BCUT2D eigenvalue weighted by molar-refractivity contribution is 7.80. The van der Waals surface area contributed by atoms with Gasteiger partial charge in [-0.3, -0.25) is 19.6 Å². The smallest absolute Gasteiger partial charge is 0.329 e. The second kappa shape index (κ2) is 8.33. The first kappa shape index (κ1) is 18.5. The highest BCUT2D eigenvalue weighted by atomic mass is 32.1. The molecular formula is C14H16N4O6S. The molecule has 0 saturated carbocycles. The molecule has 10 nitrogen and oxygen atoms in total. The van der Waals surface area contributed by atoms with Crippen molar-refractivity contribution in [3.8, 4) is 0 Å². The summed E-state index contributed by atoms with van der Waals surface area (Å²) in [7, 11) is 0. The van der Waals surface area contributed by atoms with Crippen LogP contribution < -0.4 is 5.32 Å². The van der Waals surface area contributed by atoms with Gasteiger partial charge in [-0.25, -0.2) is 4.79 Å². The lowest BCUT2D eigenvalue weighted by Crippen LogP contribution is -2.43. The van der Waals surface area contributed by atoms with E-state index in [0.717, 1.165) is 6.20 Å². The van der Waals surface area contributed by atoms with Gasteiger partial charge >= 0.3 is 11.7 Å². The van der Waals surface area contributed by atoms with Crippen LogP contribution in [0.1, 0.15) is 23.2 Å². The van der Waals surface area contributed by atoms with Crippen LogP contribution in [-0.2, 0) is 16.1 Å². The Bertz CT molecular complexity index is 771. The molecule has 2 rings (SSSR count). The summed E-state index contributed by atoms with van der Waals surface area (Å²) in [5, 5.41) is 16.9. The Hall–Kier alpha value is -2.82. The van der Waals surface area contributed by atoms with Gasteiger partial charge in [0.25, 0.3) is 5.91 Å². The Morgan fingerprint density at radius 3 is 2.88 bits per heavy atom. The second-order valence-corrected chi connectivity index (χ2v) is 5.25. The van der Waals surface area contributed by atoms with Gasteiger partial charge in [0.2, 0.25) is 0 Å². The number of aromatic nitrogens is 2. The van der Waals surface area contributed by atoms with Gasteiger partial charge in [0.05, 0.1) is 18.1 Å². The van der Waals surface area contributed by atoms with Crippen molar-refractivity contribution in [2.45, 2.75) is 19.5 Å². The first-order chi connectivity index (χ1) is 11.9. The topological polar surface area (TPSA) is 130 Å². The van der Waals surface area contributed by atoms with E-state index in [9.17, 15) is 19.7 Å². The number of nitro groups is 1. The molecule has 0 aromatic carbocycles. The Morgan fingerprint density at radius 2 is 2.28 bits per heavy atom. The van der Waals surface area contributed by atoms with Crippen LogP contribution in [0, 0.1) is 10.1 Å². The van der Waals surface area contributed by atoms with Crippen LogP contribution in [0.5, 0.6) is 0 Å². The van der Waals surface area contributed by atoms with Crippen LogP contribution in [0.4, 0.5) is 5.69 Å². The molecule has 25 heavy (non-hydrogen) atoms. The van der Waals surface area contributed by atoms with Crippen LogP contribution >= 0.6 is 12.6 Å². The second-order valence-electron chi connectivity index (χ2n) is 4.88. The summed E-state index contributed by atoms with van der Waals surface area (Å²) in [6, 6.07) is 2.09. The number of furan rings is 1. The summed E-state index contributed by atoms with van der Waals surface area (Å²) in [5.41, 5.74) is -0.143. The Kier molecular flexibility index (Phi) is 6.17. The molecule has 1 amide bonds. The number of nitrogens with one attached hydrogen (secondary N) is 1. The summed E-state index contributed by atoms with van der Waals surface area (Å²) in [5.74, 6) is -0.726. The van der Waals surface area contributed by atoms with Crippen molar-refractivity contribution in [2.24, 2.45) is 0 Å². The van der Waals surface area contributed by atoms with E-state index in [2.05, 4.69) is 23.0 Å². The van der Waals surface area contributed by atoms with E-state index >= 15 is 0 Å². The largest absolute Gasteiger partial charge is 0.464 e. The van der Waals surface area contributed by atoms with E-state index in [1.807, 2.05) is 0 Å². The Labute approximate surface area is 147 Å². The predicted molar refractivity (Wildman–Crippen MR) is 88.4 cm³/mol. The summed E-state index contributed by atoms with van der Waals surface area (Å²) in [4.78, 5) is 33.9. The maximum Gasteiger partial charge on any atom is 0.329 e. The highest BCUT2D eigenvalue weighted by Gasteiger charge is 2.23. The van der Waals surface area contributed by atoms with Gasteiger partial charge < -0.3 is 14.5 Å². The van der Waals surface area contributed by atoms with E-state index in [4.69, 9.17) is 9.15 Å². The van der Waals surface area contributed by atoms with Crippen LogP contribution in [0.15, 0.2) is 28.9 Å². The van der Waals surface area contributed by atoms with Crippen LogP contribution in [-0.4, -0.2) is 45.0 Å². The summed E-state index contributed by atoms with van der Waals surface area (Å²) in [6.07, 6.45) is 2.37. The number of thiol groups is 1. The fourth-order valence-corrected chi connectivity index (χ4v) is 2.17. The van der Waals surface area contributed by atoms with Gasteiger partial charge in [-0.1, -0.05) is 0 Å². The summed E-state index contributed by atoms with van der Waals surface area (Å²) in [6.45, 7) is 1.97. The lowest BCUT2D eigenvalue weighted by molar-refractivity contribution is -0.385. The number of carbonyl (C=O) groups excluding carboxylic acids is 2. The lowest BCUT2D eigenvalue weighted by Gasteiger charge is -2.13. The molecule has 0 aliphatic rings. The molecule has 0 saturated heterocycles. The molecule has 0 unspecified atom stereocenters. The van der Waals surface area contributed by atoms with E-state index in [1.165, 1.54) is 16.9 Å². The molecule has 0 fully saturated rings. The minimum Gasteiger partial charge on any atom is -0.464 e. The molecule has 0 aliphatic carbocycles. The maximum atomic E-state index is 12.1. The van der Waals surface area contributed by atoms with Crippen molar-refractivity contribution >= 4 is 30.2 Å². The van der Waals surface area contributed by atoms with Gasteiger partial charge in [-0.15, -0.1) is 0 Å². The van der Waals surface area contributed by atoms with E-state index in [-0.39, 0.29) is 30.4 Å². The molecule has 134 valence electrons. The third kappa shape index (κ3) is 4.83. The molecule has 2 aromatic heterocycles. The minimum absolute atomic E-state index is 0.00672. The SMILES string of the molecule is CCOC(=O)[C@H](CS)NC(=O)c1ccc(Cn2cc([N+](=O)[O-])cn2)o1. The predicted octanol–water partition coefficient (Wildman–Crippen LogP) is 1.02. The molecule has 1 atom stereocenters. The van der Waals surface area contributed by atoms with Gasteiger partial charge in [0, 0.05) is 5.75 Å². The first-order valence-corrected chi connectivity index (χ1v) is 7.91. The Balaban J connectivity index is 2.00. The maximum absolute atomic E-state index is 12.1. The highest BCUT2D eigenvalue weighted by Crippen LogP contribution is 2.13. The van der Waals surface area contributed by atoms with Crippen LogP contribution in [0.25, 0.3) is 0 Å². The summed E-state index contributed by atoms with van der Waals surface area (Å²) < 4.78 is 11.5. The molecule has 0 bridgehead atoms. The summed E-state index contributed by atoms with van der Waals surface area (Å²) >= 11 is 4.01. The fourth-order valence-electron chi connectivity index (χ4n) is 1.93. The number of carbonyl (C=O) groups is 2. The number of amides is 1. The molecule has 0 aliphatic heterocycles. The molecule has 2 aromatic rings. The average molecular weight is 368 g/mol. The molecular weight excluding hydrogens is 352 g/mol. The quantitative estimate of drug-likeness (QED) is 0.308. The zero-order valence-corrected chi connectivity index (χ0v) is 14.1. The van der Waals surface area contributed by atoms with Crippen molar-refractivity contribution in [2.75, 3.05) is 12.4 Å². The number of ether oxygens (including phenoxy) is 1. The van der Waals surface area contributed by atoms with E-state index in [1.54, 1.807) is 13.0 Å². The minimum atomic E-state index is -0.891. The molecule has 0 radical (unpaired) electrons. The van der Waals surface area contributed by atoms with Crippen LogP contribution in [0.3, 0.4) is 0 Å². The van der Waals surface area contributed by atoms with Gasteiger partial charge in [-0.2, -0.15) is 17.7 Å². The third-order valence-corrected chi connectivity index (χ3v) is 3.46. The third-order valence-electron chi connectivity index (χ3n) is 3.09. The van der Waals surface area contributed by atoms with Crippen molar-refractivity contribution in [3.05, 3.63) is 46.2 Å².